The number of phenols is 1. The van der Waals surface area contributed by atoms with Crippen LogP contribution >= 0.6 is 0 Å². The highest BCUT2D eigenvalue weighted by atomic mass is 16.5. The van der Waals surface area contributed by atoms with Crippen molar-refractivity contribution < 1.29 is 14.3 Å². The summed E-state index contributed by atoms with van der Waals surface area (Å²) in [5, 5.41) is 18.2. The number of ether oxygens (including phenoxy) is 1. The molecule has 0 saturated heterocycles. The van der Waals surface area contributed by atoms with E-state index in [2.05, 4.69) is 0 Å². The summed E-state index contributed by atoms with van der Waals surface area (Å²) in [4.78, 5) is 12.5. The van der Waals surface area contributed by atoms with Crippen molar-refractivity contribution in [1.29, 1.82) is 5.26 Å². The van der Waals surface area contributed by atoms with Crippen LogP contribution < -0.4 is 10.2 Å². The lowest BCUT2D eigenvalue weighted by molar-refractivity contribution is 0.368. The second kappa shape index (κ2) is 5.62. The number of nitriles is 1. The molecule has 0 saturated carbocycles. The molecule has 1 N–H and O–H groups in total. The summed E-state index contributed by atoms with van der Waals surface area (Å²) in [6.07, 6.45) is 1.38. The quantitative estimate of drug-likeness (QED) is 0.802. The second-order valence-electron chi connectivity index (χ2n) is 4.63. The van der Waals surface area contributed by atoms with Crippen LogP contribution in [0.1, 0.15) is 0 Å². The minimum absolute atomic E-state index is 0.0681. The highest BCUT2D eigenvalue weighted by Crippen LogP contribution is 2.24. The fourth-order valence-corrected chi connectivity index (χ4v) is 2.15. The standard InChI is InChI=1S/C17H11NO4/c18-7-8-21-13-5-6-14-16(9-13)22-10-15(17(14)20)11-1-3-12(19)4-2-11/h1-6,9-10,19H,8H2. The van der Waals surface area contributed by atoms with E-state index in [1.165, 1.54) is 18.4 Å². The van der Waals surface area contributed by atoms with E-state index >= 15 is 0 Å². The number of hydrogen-bond acceptors (Lipinski definition) is 5. The second-order valence-corrected chi connectivity index (χ2v) is 4.63. The monoisotopic (exact) mass is 293 g/mol. The van der Waals surface area contributed by atoms with Crippen molar-refractivity contribution in [3.8, 4) is 28.7 Å². The first kappa shape index (κ1) is 13.7. The van der Waals surface area contributed by atoms with E-state index in [0.717, 1.165) is 0 Å². The Labute approximate surface area is 125 Å². The molecule has 22 heavy (non-hydrogen) atoms. The van der Waals surface area contributed by atoms with E-state index in [9.17, 15) is 9.90 Å². The maximum absolute atomic E-state index is 12.5. The molecular formula is C17H11NO4. The largest absolute Gasteiger partial charge is 0.508 e. The number of phenolic OH excluding ortho intramolecular Hbond substituents is 1. The third-order valence-electron chi connectivity index (χ3n) is 3.23. The zero-order valence-electron chi connectivity index (χ0n) is 11.4. The van der Waals surface area contributed by atoms with Gasteiger partial charge in [0.25, 0.3) is 0 Å². The normalized spacial score (nSPS) is 10.3. The zero-order chi connectivity index (χ0) is 15.5. The first-order chi connectivity index (χ1) is 10.7. The van der Waals surface area contributed by atoms with Gasteiger partial charge in [-0.2, -0.15) is 5.26 Å². The lowest BCUT2D eigenvalue weighted by atomic mass is 10.1. The highest BCUT2D eigenvalue weighted by molar-refractivity contribution is 5.82. The van der Waals surface area contributed by atoms with Gasteiger partial charge in [0.15, 0.2) is 12.0 Å². The fourth-order valence-electron chi connectivity index (χ4n) is 2.15. The van der Waals surface area contributed by atoms with Crippen LogP contribution in [-0.4, -0.2) is 11.7 Å². The molecule has 0 aliphatic heterocycles. The molecule has 5 nitrogen and oxygen atoms in total. The molecule has 0 spiro atoms. The number of fused-ring (bicyclic) bond motifs is 1. The molecule has 1 aromatic heterocycles. The van der Waals surface area contributed by atoms with Gasteiger partial charge in [0.2, 0.25) is 0 Å². The molecule has 0 fully saturated rings. The van der Waals surface area contributed by atoms with Crippen LogP contribution in [0.25, 0.3) is 22.1 Å². The van der Waals surface area contributed by atoms with E-state index in [1.807, 2.05) is 6.07 Å². The van der Waals surface area contributed by atoms with Crippen LogP contribution in [0.2, 0.25) is 0 Å². The van der Waals surface area contributed by atoms with E-state index < -0.39 is 0 Å². The average molecular weight is 293 g/mol. The van der Waals surface area contributed by atoms with Crippen molar-refractivity contribution in [1.82, 2.24) is 0 Å². The van der Waals surface area contributed by atoms with Gasteiger partial charge >= 0.3 is 0 Å². The van der Waals surface area contributed by atoms with Crippen LogP contribution in [0.5, 0.6) is 11.5 Å². The van der Waals surface area contributed by atoms with Crippen LogP contribution in [0.4, 0.5) is 0 Å². The van der Waals surface area contributed by atoms with Crippen LogP contribution in [0, 0.1) is 11.3 Å². The first-order valence-corrected chi connectivity index (χ1v) is 6.54. The SMILES string of the molecule is N#CCOc1ccc2c(=O)c(-c3ccc(O)cc3)coc2c1. The van der Waals surface area contributed by atoms with Gasteiger partial charge in [0.1, 0.15) is 29.4 Å². The molecule has 5 heteroatoms. The van der Waals surface area contributed by atoms with Crippen LogP contribution in [-0.2, 0) is 0 Å². The smallest absolute Gasteiger partial charge is 0.200 e. The topological polar surface area (TPSA) is 83.5 Å². The predicted molar refractivity (Wildman–Crippen MR) is 80.7 cm³/mol. The Morgan fingerprint density at radius 3 is 2.68 bits per heavy atom. The molecule has 0 unspecified atom stereocenters. The molecule has 3 aromatic rings. The van der Waals surface area contributed by atoms with E-state index in [4.69, 9.17) is 14.4 Å². The van der Waals surface area contributed by atoms with Gasteiger partial charge in [0.05, 0.1) is 10.9 Å². The zero-order valence-corrected chi connectivity index (χ0v) is 11.4. The number of benzene rings is 2. The van der Waals surface area contributed by atoms with Gasteiger partial charge in [-0.1, -0.05) is 12.1 Å². The van der Waals surface area contributed by atoms with E-state index in [0.29, 0.717) is 27.8 Å². The Hall–Kier alpha value is -3.26. The molecule has 108 valence electrons. The van der Waals surface area contributed by atoms with Gasteiger partial charge in [-0.25, -0.2) is 0 Å². The van der Waals surface area contributed by atoms with E-state index in [-0.39, 0.29) is 17.8 Å². The summed E-state index contributed by atoms with van der Waals surface area (Å²) < 4.78 is 10.7. The average Bonchev–Trinajstić information content (AvgIpc) is 2.54. The summed E-state index contributed by atoms with van der Waals surface area (Å²) >= 11 is 0. The van der Waals surface area contributed by atoms with Gasteiger partial charge < -0.3 is 14.3 Å². The van der Waals surface area contributed by atoms with Crippen molar-refractivity contribution >= 4 is 11.0 Å². The molecule has 1 heterocycles. The maximum atomic E-state index is 12.5. The number of aromatic hydroxyl groups is 1. The van der Waals surface area contributed by atoms with E-state index in [1.54, 1.807) is 30.3 Å². The summed E-state index contributed by atoms with van der Waals surface area (Å²) in [5.74, 6) is 0.600. The Balaban J connectivity index is 2.08. The Morgan fingerprint density at radius 1 is 1.18 bits per heavy atom. The minimum Gasteiger partial charge on any atom is -0.508 e. The number of nitrogens with zero attached hydrogens (tertiary/aromatic N) is 1. The molecule has 2 aromatic carbocycles. The predicted octanol–water partition coefficient (Wildman–Crippen LogP) is 3.07. The van der Waals surface area contributed by atoms with Gasteiger partial charge in [-0.05, 0) is 29.8 Å². The first-order valence-electron chi connectivity index (χ1n) is 6.54. The molecule has 0 aliphatic carbocycles. The van der Waals surface area contributed by atoms with Gasteiger partial charge in [0, 0.05) is 6.07 Å². The Morgan fingerprint density at radius 2 is 1.95 bits per heavy atom. The molecule has 0 aliphatic rings. The van der Waals surface area contributed by atoms with Crippen LogP contribution in [0.3, 0.4) is 0 Å². The van der Waals surface area contributed by atoms with Crippen molar-refractivity contribution in [2.75, 3.05) is 6.61 Å². The molecule has 0 atom stereocenters. The minimum atomic E-state index is -0.168. The highest BCUT2D eigenvalue weighted by Gasteiger charge is 2.10. The van der Waals surface area contributed by atoms with Gasteiger partial charge in [-0.15, -0.1) is 0 Å². The third kappa shape index (κ3) is 2.50. The number of hydrogen-bond donors (Lipinski definition) is 1. The molecular weight excluding hydrogens is 282 g/mol. The summed E-state index contributed by atoms with van der Waals surface area (Å²) in [6.45, 7) is -0.0681. The summed E-state index contributed by atoms with van der Waals surface area (Å²) in [6, 6.07) is 13.0. The number of rotatable bonds is 3. The molecule has 0 amide bonds. The summed E-state index contributed by atoms with van der Waals surface area (Å²) in [7, 11) is 0. The van der Waals surface area contributed by atoms with Crippen molar-refractivity contribution in [3.63, 3.8) is 0 Å². The lowest BCUT2D eigenvalue weighted by Gasteiger charge is -2.05. The lowest BCUT2D eigenvalue weighted by Crippen LogP contribution is -2.05. The third-order valence-corrected chi connectivity index (χ3v) is 3.23. The molecule has 3 rings (SSSR count). The molecule has 0 radical (unpaired) electrons. The Kier molecular flexibility index (Phi) is 3.50. The Bertz CT molecular complexity index is 920. The maximum Gasteiger partial charge on any atom is 0.200 e. The fraction of sp³-hybridized carbons (Fsp3) is 0.0588. The summed E-state index contributed by atoms with van der Waals surface area (Å²) in [5.41, 5.74) is 1.30. The van der Waals surface area contributed by atoms with Crippen molar-refractivity contribution in [2.45, 2.75) is 0 Å². The van der Waals surface area contributed by atoms with Crippen LogP contribution in [0.15, 0.2) is 57.9 Å². The van der Waals surface area contributed by atoms with Crippen molar-refractivity contribution in [3.05, 3.63) is 59.0 Å². The van der Waals surface area contributed by atoms with Crippen molar-refractivity contribution in [2.24, 2.45) is 0 Å². The molecule has 0 bridgehead atoms. The van der Waals surface area contributed by atoms with Gasteiger partial charge in [-0.3, -0.25) is 4.79 Å².